The molecule has 0 aromatic heterocycles. The Kier molecular flexibility index (Phi) is 3.39. The lowest BCUT2D eigenvalue weighted by atomic mass is 9.96. The number of fused-ring (bicyclic) bond motifs is 1. The van der Waals surface area contributed by atoms with Gasteiger partial charge in [0.15, 0.2) is 0 Å². The molecule has 0 atom stereocenters. The van der Waals surface area contributed by atoms with E-state index in [1.165, 1.54) is 46.3 Å². The highest BCUT2D eigenvalue weighted by atomic mass is 35.5. The van der Waals surface area contributed by atoms with E-state index in [1.807, 2.05) is 0 Å². The molecule has 1 saturated carbocycles. The maximum atomic E-state index is 6.53. The molecule has 1 fully saturated rings. The number of hydrogen-bond donors (Lipinski definition) is 1. The van der Waals surface area contributed by atoms with Crippen molar-refractivity contribution in [1.29, 1.82) is 0 Å². The molecule has 2 nitrogen and oxygen atoms in total. The minimum Gasteiger partial charge on any atom is -0.382 e. The molecule has 4 rings (SSSR count). The highest BCUT2D eigenvalue weighted by Gasteiger charge is 2.23. The predicted octanol–water partition coefficient (Wildman–Crippen LogP) is 4.84. The van der Waals surface area contributed by atoms with E-state index in [2.05, 4.69) is 54.5 Å². The van der Waals surface area contributed by atoms with E-state index < -0.39 is 0 Å². The zero-order chi connectivity index (χ0) is 15.3. The van der Waals surface area contributed by atoms with Crippen molar-refractivity contribution < 1.29 is 0 Å². The van der Waals surface area contributed by atoms with Crippen LogP contribution in [0.2, 0.25) is 5.02 Å². The van der Waals surface area contributed by atoms with Crippen molar-refractivity contribution in [2.75, 3.05) is 12.4 Å². The third-order valence-corrected chi connectivity index (χ3v) is 5.08. The number of benzene rings is 2. The van der Waals surface area contributed by atoms with Gasteiger partial charge in [0.05, 0.1) is 0 Å². The Morgan fingerprint density at radius 3 is 2.77 bits per heavy atom. The van der Waals surface area contributed by atoms with Crippen LogP contribution in [0.15, 0.2) is 30.3 Å². The van der Waals surface area contributed by atoms with E-state index in [1.54, 1.807) is 0 Å². The van der Waals surface area contributed by atoms with Gasteiger partial charge in [-0.1, -0.05) is 23.7 Å². The Bertz CT molecular complexity index is 734. The molecule has 0 radical (unpaired) electrons. The van der Waals surface area contributed by atoms with Crippen molar-refractivity contribution in [3.8, 4) is 11.1 Å². The summed E-state index contributed by atoms with van der Waals surface area (Å²) < 4.78 is 0. The van der Waals surface area contributed by atoms with Gasteiger partial charge in [-0.2, -0.15) is 0 Å². The molecule has 1 aliphatic carbocycles. The van der Waals surface area contributed by atoms with E-state index in [9.17, 15) is 0 Å². The average Bonchev–Trinajstić information content (AvgIpc) is 3.21. The number of rotatable bonds is 3. The topological polar surface area (TPSA) is 15.3 Å². The van der Waals surface area contributed by atoms with Crippen LogP contribution in [-0.4, -0.2) is 18.0 Å². The molecule has 0 bridgehead atoms. The highest BCUT2D eigenvalue weighted by molar-refractivity contribution is 6.31. The number of nitrogens with zero attached hydrogens (tertiary/aromatic N) is 1. The van der Waals surface area contributed by atoms with Gasteiger partial charge in [-0.3, -0.25) is 4.90 Å². The monoisotopic (exact) mass is 312 g/mol. The van der Waals surface area contributed by atoms with Crippen molar-refractivity contribution in [2.45, 2.75) is 38.9 Å². The van der Waals surface area contributed by atoms with Crippen LogP contribution in [0, 0.1) is 6.92 Å². The van der Waals surface area contributed by atoms with Gasteiger partial charge < -0.3 is 5.32 Å². The molecule has 1 heterocycles. The van der Waals surface area contributed by atoms with Crippen LogP contribution in [0.1, 0.15) is 29.5 Å². The molecule has 0 amide bonds. The van der Waals surface area contributed by atoms with E-state index >= 15 is 0 Å². The molecule has 2 aromatic carbocycles. The van der Waals surface area contributed by atoms with Crippen LogP contribution in [0.25, 0.3) is 11.1 Å². The zero-order valence-corrected chi connectivity index (χ0v) is 13.9. The van der Waals surface area contributed by atoms with Crippen LogP contribution < -0.4 is 5.32 Å². The molecule has 1 N–H and O–H groups in total. The van der Waals surface area contributed by atoms with Crippen LogP contribution in [-0.2, 0) is 13.1 Å². The SMILES string of the molecule is Cc1c(NC2CC2)cccc1-c1cc(Cl)c2c(c1)CN(C)C2. The lowest BCUT2D eigenvalue weighted by Gasteiger charge is -2.14. The van der Waals surface area contributed by atoms with Crippen molar-refractivity contribution in [3.05, 3.63) is 52.0 Å². The first kappa shape index (κ1) is 14.1. The first-order valence-corrected chi connectivity index (χ1v) is 8.36. The number of halogens is 1. The summed E-state index contributed by atoms with van der Waals surface area (Å²) in [5, 5.41) is 4.53. The van der Waals surface area contributed by atoms with Gasteiger partial charge in [0.1, 0.15) is 0 Å². The Morgan fingerprint density at radius 1 is 1.18 bits per heavy atom. The summed E-state index contributed by atoms with van der Waals surface area (Å²) in [6.45, 7) is 4.14. The second-order valence-electron chi connectivity index (χ2n) is 6.66. The first-order chi connectivity index (χ1) is 10.6. The summed E-state index contributed by atoms with van der Waals surface area (Å²) in [5.74, 6) is 0. The summed E-state index contributed by atoms with van der Waals surface area (Å²) in [6.07, 6.45) is 2.58. The molecule has 114 valence electrons. The van der Waals surface area contributed by atoms with Crippen molar-refractivity contribution in [2.24, 2.45) is 0 Å². The zero-order valence-electron chi connectivity index (χ0n) is 13.1. The standard InChI is InChI=1S/C19H21ClN2/c1-12-16(4-3-5-19(12)21-15-6-7-15)13-8-14-10-22(2)11-17(14)18(20)9-13/h3-5,8-9,15,21H,6-7,10-11H2,1-2H3. The van der Waals surface area contributed by atoms with Crippen LogP contribution >= 0.6 is 11.6 Å². The Labute approximate surface area is 137 Å². The molecule has 2 aromatic rings. The smallest absolute Gasteiger partial charge is 0.0460 e. The van der Waals surface area contributed by atoms with E-state index in [0.29, 0.717) is 6.04 Å². The van der Waals surface area contributed by atoms with Gasteiger partial charge in [-0.15, -0.1) is 0 Å². The quantitative estimate of drug-likeness (QED) is 0.872. The van der Waals surface area contributed by atoms with Gasteiger partial charge in [0.2, 0.25) is 0 Å². The summed E-state index contributed by atoms with van der Waals surface area (Å²) in [5.41, 5.74) is 7.74. The largest absolute Gasteiger partial charge is 0.382 e. The third-order valence-electron chi connectivity index (χ3n) is 4.74. The summed E-state index contributed by atoms with van der Waals surface area (Å²) >= 11 is 6.53. The summed E-state index contributed by atoms with van der Waals surface area (Å²) in [6, 6.07) is 11.6. The van der Waals surface area contributed by atoms with Gasteiger partial charge in [-0.25, -0.2) is 0 Å². The fourth-order valence-corrected chi connectivity index (χ4v) is 3.63. The maximum absolute atomic E-state index is 6.53. The van der Waals surface area contributed by atoms with Crippen molar-refractivity contribution >= 4 is 17.3 Å². The minimum absolute atomic E-state index is 0.672. The number of nitrogens with one attached hydrogen (secondary N) is 1. The molecular formula is C19H21ClN2. The molecule has 0 unspecified atom stereocenters. The molecule has 0 saturated heterocycles. The second-order valence-corrected chi connectivity index (χ2v) is 7.07. The lowest BCUT2D eigenvalue weighted by Crippen LogP contribution is -2.07. The lowest BCUT2D eigenvalue weighted by molar-refractivity contribution is 0.353. The fourth-order valence-electron chi connectivity index (χ4n) is 3.34. The molecule has 22 heavy (non-hydrogen) atoms. The number of hydrogen-bond acceptors (Lipinski definition) is 2. The van der Waals surface area contributed by atoms with Gasteiger partial charge in [0.25, 0.3) is 0 Å². The first-order valence-electron chi connectivity index (χ1n) is 7.98. The highest BCUT2D eigenvalue weighted by Crippen LogP contribution is 2.37. The van der Waals surface area contributed by atoms with Crippen molar-refractivity contribution in [3.63, 3.8) is 0 Å². The number of anilines is 1. The molecule has 0 spiro atoms. The summed E-state index contributed by atoms with van der Waals surface area (Å²) in [7, 11) is 2.14. The molecular weight excluding hydrogens is 292 g/mol. The predicted molar refractivity (Wildman–Crippen MR) is 93.4 cm³/mol. The average molecular weight is 313 g/mol. The Balaban J connectivity index is 1.76. The summed E-state index contributed by atoms with van der Waals surface area (Å²) in [4.78, 5) is 2.30. The van der Waals surface area contributed by atoms with Crippen LogP contribution in [0.4, 0.5) is 5.69 Å². The third kappa shape index (κ3) is 2.51. The maximum Gasteiger partial charge on any atom is 0.0460 e. The van der Waals surface area contributed by atoms with E-state index in [-0.39, 0.29) is 0 Å². The minimum atomic E-state index is 0.672. The molecule has 1 aliphatic heterocycles. The van der Waals surface area contributed by atoms with E-state index in [4.69, 9.17) is 11.6 Å². The Morgan fingerprint density at radius 2 is 2.00 bits per heavy atom. The second kappa shape index (κ2) is 5.29. The van der Waals surface area contributed by atoms with E-state index in [0.717, 1.165) is 18.1 Å². The molecule has 3 heteroatoms. The normalized spacial score (nSPS) is 17.6. The van der Waals surface area contributed by atoms with Gasteiger partial charge >= 0.3 is 0 Å². The fraction of sp³-hybridized carbons (Fsp3) is 0.368. The van der Waals surface area contributed by atoms with Crippen LogP contribution in [0.3, 0.4) is 0 Å². The van der Waals surface area contributed by atoms with Crippen molar-refractivity contribution in [1.82, 2.24) is 4.90 Å². The Hall–Kier alpha value is -1.51. The van der Waals surface area contributed by atoms with Crippen LogP contribution in [0.5, 0.6) is 0 Å². The van der Waals surface area contributed by atoms with Gasteiger partial charge in [0, 0.05) is 29.8 Å². The van der Waals surface area contributed by atoms with Gasteiger partial charge in [-0.05, 0) is 72.8 Å². The molecule has 2 aliphatic rings.